The van der Waals surface area contributed by atoms with Crippen LogP contribution in [-0.2, 0) is 17.5 Å². The van der Waals surface area contributed by atoms with Gasteiger partial charge in [-0.1, -0.05) is 54.6 Å². The quantitative estimate of drug-likeness (QED) is 0.238. The van der Waals surface area contributed by atoms with Crippen LogP contribution in [0, 0.1) is 6.92 Å². The Kier molecular flexibility index (Phi) is 7.44. The van der Waals surface area contributed by atoms with Gasteiger partial charge >= 0.3 is 6.18 Å². The molecule has 0 saturated heterocycles. The first-order valence-corrected chi connectivity index (χ1v) is 13.3. The SMILES string of the molecule is Cc1nn(-c2ccccc2)c2sc(C(=O)N(c3cccc(C(F)(F)F)c3)C(C)C(=O)NCc3ccccc3)cc12. The number of hydrogen-bond donors (Lipinski definition) is 1. The summed E-state index contributed by atoms with van der Waals surface area (Å²) in [5.41, 5.74) is 1.43. The average Bonchev–Trinajstić information content (AvgIpc) is 3.53. The number of benzene rings is 3. The van der Waals surface area contributed by atoms with E-state index in [0.717, 1.165) is 38.5 Å². The second-order valence-electron chi connectivity index (χ2n) is 9.26. The molecular formula is C30H25F3N4O2S. The lowest BCUT2D eigenvalue weighted by Gasteiger charge is -2.29. The summed E-state index contributed by atoms with van der Waals surface area (Å²) in [6.45, 7) is 3.54. The third-order valence-corrected chi connectivity index (χ3v) is 7.60. The highest BCUT2D eigenvalue weighted by molar-refractivity contribution is 7.20. The van der Waals surface area contributed by atoms with Crippen molar-refractivity contribution in [2.24, 2.45) is 0 Å². The van der Waals surface area contributed by atoms with Gasteiger partial charge in [0, 0.05) is 17.6 Å². The first kappa shape index (κ1) is 27.1. The number of fused-ring (bicyclic) bond motifs is 1. The average molecular weight is 563 g/mol. The smallest absolute Gasteiger partial charge is 0.350 e. The number of aryl methyl sites for hydroxylation is 1. The topological polar surface area (TPSA) is 67.2 Å². The van der Waals surface area contributed by atoms with Gasteiger partial charge in [-0.15, -0.1) is 11.3 Å². The van der Waals surface area contributed by atoms with E-state index in [1.54, 1.807) is 10.7 Å². The number of nitrogens with zero attached hydrogens (tertiary/aromatic N) is 3. The minimum Gasteiger partial charge on any atom is -0.350 e. The van der Waals surface area contributed by atoms with Gasteiger partial charge in [0.15, 0.2) is 0 Å². The predicted octanol–water partition coefficient (Wildman–Crippen LogP) is 6.77. The maximum atomic E-state index is 14.0. The number of amides is 2. The zero-order chi connectivity index (χ0) is 28.4. The molecule has 0 aliphatic carbocycles. The van der Waals surface area contributed by atoms with Gasteiger partial charge in [-0.05, 0) is 55.8 Å². The van der Waals surface area contributed by atoms with Gasteiger partial charge in [-0.2, -0.15) is 18.3 Å². The van der Waals surface area contributed by atoms with E-state index >= 15 is 0 Å². The lowest BCUT2D eigenvalue weighted by molar-refractivity contribution is -0.137. The fraction of sp³-hybridized carbons (Fsp3) is 0.167. The number of para-hydroxylation sites is 1. The Balaban J connectivity index is 1.53. The molecule has 1 N–H and O–H groups in total. The number of halogens is 3. The van der Waals surface area contributed by atoms with Crippen LogP contribution < -0.4 is 10.2 Å². The van der Waals surface area contributed by atoms with E-state index in [0.29, 0.717) is 5.69 Å². The highest BCUT2D eigenvalue weighted by Crippen LogP contribution is 2.35. The standard InChI is InChI=1S/C30H25F3N4O2S/c1-19-25-17-26(40-29(25)37(35-19)23-13-7-4-8-14-23)28(39)36(24-15-9-12-22(16-24)30(31,32)33)20(2)27(38)34-18-21-10-5-3-6-11-21/h3-17,20H,18H2,1-2H3,(H,34,38). The molecule has 10 heteroatoms. The Morgan fingerprint density at radius 1 is 0.975 bits per heavy atom. The predicted molar refractivity (Wildman–Crippen MR) is 150 cm³/mol. The van der Waals surface area contributed by atoms with Gasteiger partial charge in [0.05, 0.1) is 21.8 Å². The van der Waals surface area contributed by atoms with Crippen LogP contribution in [0.5, 0.6) is 0 Å². The number of anilines is 1. The van der Waals surface area contributed by atoms with E-state index in [-0.39, 0.29) is 17.1 Å². The van der Waals surface area contributed by atoms with Crippen LogP contribution in [0.4, 0.5) is 18.9 Å². The zero-order valence-corrected chi connectivity index (χ0v) is 22.5. The van der Waals surface area contributed by atoms with Crippen molar-refractivity contribution in [3.05, 3.63) is 113 Å². The number of alkyl halides is 3. The molecule has 2 aromatic heterocycles. The van der Waals surface area contributed by atoms with Gasteiger partial charge in [-0.25, -0.2) is 4.68 Å². The lowest BCUT2D eigenvalue weighted by Crippen LogP contribution is -2.48. The molecule has 5 rings (SSSR count). The van der Waals surface area contributed by atoms with Gasteiger partial charge in [0.2, 0.25) is 5.91 Å². The molecule has 3 aromatic carbocycles. The van der Waals surface area contributed by atoms with E-state index in [2.05, 4.69) is 10.4 Å². The van der Waals surface area contributed by atoms with Crippen LogP contribution in [0.3, 0.4) is 0 Å². The van der Waals surface area contributed by atoms with Crippen molar-refractivity contribution in [3.63, 3.8) is 0 Å². The molecule has 1 atom stereocenters. The van der Waals surface area contributed by atoms with Crippen molar-refractivity contribution >= 4 is 39.1 Å². The van der Waals surface area contributed by atoms with Gasteiger partial charge in [0.1, 0.15) is 10.9 Å². The van der Waals surface area contributed by atoms with Crippen LogP contribution in [-0.4, -0.2) is 27.6 Å². The van der Waals surface area contributed by atoms with Gasteiger partial charge < -0.3 is 5.32 Å². The van der Waals surface area contributed by atoms with Gasteiger partial charge in [-0.3, -0.25) is 14.5 Å². The highest BCUT2D eigenvalue weighted by atomic mass is 32.1. The molecule has 0 aliphatic heterocycles. The van der Waals surface area contributed by atoms with Crippen molar-refractivity contribution < 1.29 is 22.8 Å². The third-order valence-electron chi connectivity index (χ3n) is 6.50. The number of hydrogen-bond acceptors (Lipinski definition) is 4. The normalized spacial score (nSPS) is 12.3. The summed E-state index contributed by atoms with van der Waals surface area (Å²) in [5, 5.41) is 8.14. The molecule has 6 nitrogen and oxygen atoms in total. The Bertz CT molecular complexity index is 1660. The maximum Gasteiger partial charge on any atom is 0.416 e. The summed E-state index contributed by atoms with van der Waals surface area (Å²) >= 11 is 1.18. The molecule has 0 saturated carbocycles. The fourth-order valence-electron chi connectivity index (χ4n) is 4.41. The Hall–Kier alpha value is -4.44. The first-order chi connectivity index (χ1) is 19.1. The number of aromatic nitrogens is 2. The number of nitrogens with one attached hydrogen (secondary N) is 1. The van der Waals surface area contributed by atoms with E-state index in [4.69, 9.17) is 0 Å². The second kappa shape index (κ2) is 11.0. The summed E-state index contributed by atoms with van der Waals surface area (Å²) in [7, 11) is 0. The van der Waals surface area contributed by atoms with E-state index in [1.165, 1.54) is 30.4 Å². The largest absolute Gasteiger partial charge is 0.416 e. The maximum absolute atomic E-state index is 14.0. The van der Waals surface area contributed by atoms with Crippen LogP contribution in [0.1, 0.15) is 33.4 Å². The van der Waals surface area contributed by atoms with Crippen molar-refractivity contribution in [2.45, 2.75) is 32.6 Å². The molecule has 204 valence electrons. The van der Waals surface area contributed by atoms with Crippen LogP contribution in [0.2, 0.25) is 0 Å². The summed E-state index contributed by atoms with van der Waals surface area (Å²) in [6, 6.07) is 23.7. The van der Waals surface area contributed by atoms with E-state index in [1.807, 2.05) is 67.6 Å². The number of carbonyl (C=O) groups is 2. The molecule has 2 heterocycles. The number of rotatable bonds is 7. The minimum absolute atomic E-state index is 0.0268. The monoisotopic (exact) mass is 562 g/mol. The van der Waals surface area contributed by atoms with Crippen molar-refractivity contribution in [1.82, 2.24) is 15.1 Å². The molecular weight excluding hydrogens is 537 g/mol. The van der Waals surface area contributed by atoms with Gasteiger partial charge in [0.25, 0.3) is 5.91 Å². The first-order valence-electron chi connectivity index (χ1n) is 12.5. The summed E-state index contributed by atoms with van der Waals surface area (Å²) in [4.78, 5) is 29.3. The molecule has 1 unspecified atom stereocenters. The number of thiophene rings is 1. The molecule has 0 radical (unpaired) electrons. The summed E-state index contributed by atoms with van der Waals surface area (Å²) in [5.74, 6) is -1.08. The molecule has 0 fully saturated rings. The van der Waals surface area contributed by atoms with E-state index < -0.39 is 29.6 Å². The van der Waals surface area contributed by atoms with E-state index in [9.17, 15) is 22.8 Å². The van der Waals surface area contributed by atoms with Crippen molar-refractivity contribution in [2.75, 3.05) is 4.90 Å². The molecule has 0 aliphatic rings. The summed E-state index contributed by atoms with van der Waals surface area (Å²) < 4.78 is 42.5. The molecule has 5 aromatic rings. The summed E-state index contributed by atoms with van der Waals surface area (Å²) in [6.07, 6.45) is -4.61. The fourth-order valence-corrected chi connectivity index (χ4v) is 5.53. The Labute approximate surface area is 232 Å². The van der Waals surface area contributed by atoms with Crippen LogP contribution >= 0.6 is 11.3 Å². The minimum atomic E-state index is -4.61. The molecule has 0 bridgehead atoms. The molecule has 0 spiro atoms. The Morgan fingerprint density at radius 3 is 2.33 bits per heavy atom. The van der Waals surface area contributed by atoms with Crippen molar-refractivity contribution in [3.8, 4) is 5.69 Å². The Morgan fingerprint density at radius 2 is 1.65 bits per heavy atom. The van der Waals surface area contributed by atoms with Crippen molar-refractivity contribution in [1.29, 1.82) is 0 Å². The van der Waals surface area contributed by atoms with Crippen LogP contribution in [0.25, 0.3) is 15.9 Å². The van der Waals surface area contributed by atoms with Crippen LogP contribution in [0.15, 0.2) is 91.0 Å². The molecule has 2 amide bonds. The zero-order valence-electron chi connectivity index (χ0n) is 21.6. The lowest BCUT2D eigenvalue weighted by atomic mass is 10.1. The molecule has 40 heavy (non-hydrogen) atoms. The third kappa shape index (κ3) is 5.48. The highest BCUT2D eigenvalue weighted by Gasteiger charge is 2.34. The number of carbonyl (C=O) groups excluding carboxylic acids is 2. The second-order valence-corrected chi connectivity index (χ2v) is 10.3.